The van der Waals surface area contributed by atoms with Crippen LogP contribution in [0.25, 0.3) is 0 Å². The van der Waals surface area contributed by atoms with Crippen molar-refractivity contribution in [2.75, 3.05) is 20.1 Å². The zero-order valence-corrected chi connectivity index (χ0v) is 14.2. The lowest BCUT2D eigenvalue weighted by Crippen LogP contribution is -2.38. The predicted octanol–water partition coefficient (Wildman–Crippen LogP) is 2.99. The number of thiazole rings is 1. The molecular formula is C15H28N4S. The molecule has 1 aromatic rings. The second-order valence-electron chi connectivity index (χ2n) is 6.20. The molecule has 0 fully saturated rings. The first-order valence-corrected chi connectivity index (χ1v) is 8.14. The van der Waals surface area contributed by atoms with Crippen LogP contribution >= 0.6 is 11.3 Å². The van der Waals surface area contributed by atoms with E-state index >= 15 is 0 Å². The van der Waals surface area contributed by atoms with Crippen LogP contribution in [-0.4, -0.2) is 31.1 Å². The van der Waals surface area contributed by atoms with Gasteiger partial charge in [0.25, 0.3) is 0 Å². The molecule has 0 atom stereocenters. The number of guanidine groups is 1. The van der Waals surface area contributed by atoms with E-state index in [2.05, 4.69) is 46.8 Å². The van der Waals surface area contributed by atoms with Gasteiger partial charge in [-0.25, -0.2) is 4.98 Å². The van der Waals surface area contributed by atoms with Gasteiger partial charge in [0.2, 0.25) is 0 Å². The zero-order chi connectivity index (χ0) is 15.0. The van der Waals surface area contributed by atoms with Crippen LogP contribution in [0.1, 0.15) is 44.3 Å². The third kappa shape index (κ3) is 7.48. The van der Waals surface area contributed by atoms with E-state index in [9.17, 15) is 0 Å². The van der Waals surface area contributed by atoms with Crippen molar-refractivity contribution in [3.05, 3.63) is 16.1 Å². The Kier molecular flexibility index (Phi) is 6.99. The molecule has 0 saturated carbocycles. The van der Waals surface area contributed by atoms with Crippen molar-refractivity contribution >= 4 is 17.3 Å². The topological polar surface area (TPSA) is 49.3 Å². The van der Waals surface area contributed by atoms with Crippen LogP contribution in [0.4, 0.5) is 0 Å². The van der Waals surface area contributed by atoms with E-state index in [4.69, 9.17) is 0 Å². The summed E-state index contributed by atoms with van der Waals surface area (Å²) in [6, 6.07) is 0. The fourth-order valence-electron chi connectivity index (χ4n) is 1.88. The van der Waals surface area contributed by atoms with E-state index in [-0.39, 0.29) is 0 Å². The summed E-state index contributed by atoms with van der Waals surface area (Å²) in [5.74, 6) is 0.880. The third-order valence-corrected chi connectivity index (χ3v) is 3.78. The monoisotopic (exact) mass is 296 g/mol. The van der Waals surface area contributed by atoms with Crippen molar-refractivity contribution in [3.63, 3.8) is 0 Å². The van der Waals surface area contributed by atoms with Gasteiger partial charge in [-0.05, 0) is 25.2 Å². The van der Waals surface area contributed by atoms with Crippen LogP contribution in [0.2, 0.25) is 0 Å². The minimum Gasteiger partial charge on any atom is -0.356 e. The molecule has 5 heteroatoms. The molecule has 1 heterocycles. The Bertz CT molecular complexity index is 418. The molecule has 0 bridgehead atoms. The maximum atomic E-state index is 4.45. The number of hydrogen-bond donors (Lipinski definition) is 2. The molecule has 0 aromatic carbocycles. The number of aryl methyl sites for hydroxylation is 1. The number of hydrogen-bond acceptors (Lipinski definition) is 3. The molecule has 0 saturated heterocycles. The first kappa shape index (κ1) is 17.0. The lowest BCUT2D eigenvalue weighted by Gasteiger charge is -2.18. The molecule has 0 unspecified atom stereocenters. The van der Waals surface area contributed by atoms with Crippen LogP contribution in [0.3, 0.4) is 0 Å². The normalized spacial score (nSPS) is 12.6. The van der Waals surface area contributed by atoms with Gasteiger partial charge in [0.15, 0.2) is 5.96 Å². The summed E-state index contributed by atoms with van der Waals surface area (Å²) in [7, 11) is 1.81. The second kappa shape index (κ2) is 8.25. The summed E-state index contributed by atoms with van der Waals surface area (Å²) in [6.07, 6.45) is 3.32. The summed E-state index contributed by atoms with van der Waals surface area (Å²) in [5.41, 5.74) is 1.56. The smallest absolute Gasteiger partial charge is 0.190 e. The van der Waals surface area contributed by atoms with E-state index in [0.717, 1.165) is 42.6 Å². The van der Waals surface area contributed by atoms with Crippen LogP contribution in [0.15, 0.2) is 10.4 Å². The molecule has 0 spiro atoms. The second-order valence-corrected chi connectivity index (χ2v) is 7.26. The lowest BCUT2D eigenvalue weighted by atomic mass is 9.91. The molecule has 0 aliphatic carbocycles. The van der Waals surface area contributed by atoms with Gasteiger partial charge in [0.1, 0.15) is 0 Å². The van der Waals surface area contributed by atoms with E-state index in [1.807, 2.05) is 14.0 Å². The molecule has 0 amide bonds. The summed E-state index contributed by atoms with van der Waals surface area (Å²) >= 11 is 1.70. The highest BCUT2D eigenvalue weighted by molar-refractivity contribution is 7.09. The molecule has 20 heavy (non-hydrogen) atoms. The Morgan fingerprint density at radius 3 is 2.55 bits per heavy atom. The standard InChI is InChI=1S/C15H28N4S/c1-12-19-13(11-20-12)7-10-18-14(16-5)17-9-6-8-15(2,3)4/h11H,6-10H2,1-5H3,(H2,16,17,18). The van der Waals surface area contributed by atoms with Gasteiger partial charge >= 0.3 is 0 Å². The van der Waals surface area contributed by atoms with Gasteiger partial charge in [0.05, 0.1) is 10.7 Å². The van der Waals surface area contributed by atoms with E-state index < -0.39 is 0 Å². The largest absolute Gasteiger partial charge is 0.356 e. The average molecular weight is 296 g/mol. The van der Waals surface area contributed by atoms with Crippen molar-refractivity contribution in [2.24, 2.45) is 10.4 Å². The molecule has 2 N–H and O–H groups in total. The van der Waals surface area contributed by atoms with Crippen molar-refractivity contribution in [1.29, 1.82) is 0 Å². The predicted molar refractivity (Wildman–Crippen MR) is 88.6 cm³/mol. The number of nitrogens with zero attached hydrogens (tertiary/aromatic N) is 2. The van der Waals surface area contributed by atoms with E-state index in [0.29, 0.717) is 5.41 Å². The minimum absolute atomic E-state index is 0.404. The van der Waals surface area contributed by atoms with E-state index in [1.54, 1.807) is 11.3 Å². The van der Waals surface area contributed by atoms with Crippen molar-refractivity contribution in [2.45, 2.75) is 47.0 Å². The van der Waals surface area contributed by atoms with Gasteiger partial charge in [0, 0.05) is 31.9 Å². The first-order valence-electron chi connectivity index (χ1n) is 7.26. The van der Waals surface area contributed by atoms with Crippen molar-refractivity contribution in [3.8, 4) is 0 Å². The molecule has 1 rings (SSSR count). The molecule has 1 aromatic heterocycles. The highest BCUT2D eigenvalue weighted by atomic mass is 32.1. The summed E-state index contributed by atoms with van der Waals surface area (Å²) in [6.45, 7) is 10.7. The van der Waals surface area contributed by atoms with Crippen LogP contribution < -0.4 is 10.6 Å². The third-order valence-electron chi connectivity index (χ3n) is 2.96. The molecule has 4 nitrogen and oxygen atoms in total. The number of rotatable bonds is 6. The fourth-order valence-corrected chi connectivity index (χ4v) is 2.53. The Hall–Kier alpha value is -1.10. The Morgan fingerprint density at radius 2 is 2.00 bits per heavy atom. The molecule has 0 radical (unpaired) electrons. The average Bonchev–Trinajstić information content (AvgIpc) is 2.77. The molecule has 0 aliphatic rings. The van der Waals surface area contributed by atoms with E-state index in [1.165, 1.54) is 6.42 Å². The van der Waals surface area contributed by atoms with Crippen LogP contribution in [0, 0.1) is 12.3 Å². The summed E-state index contributed by atoms with van der Waals surface area (Å²) in [4.78, 5) is 8.69. The van der Waals surface area contributed by atoms with Crippen molar-refractivity contribution < 1.29 is 0 Å². The highest BCUT2D eigenvalue weighted by Crippen LogP contribution is 2.19. The van der Waals surface area contributed by atoms with Crippen molar-refractivity contribution in [1.82, 2.24) is 15.6 Å². The minimum atomic E-state index is 0.404. The maximum absolute atomic E-state index is 4.45. The SMILES string of the molecule is CN=C(NCCCC(C)(C)C)NCCc1csc(C)n1. The number of nitrogens with one attached hydrogen (secondary N) is 2. The zero-order valence-electron chi connectivity index (χ0n) is 13.4. The Balaban J connectivity index is 2.17. The Labute approximate surface area is 127 Å². The fraction of sp³-hybridized carbons (Fsp3) is 0.733. The van der Waals surface area contributed by atoms with Gasteiger partial charge in [-0.1, -0.05) is 20.8 Å². The van der Waals surface area contributed by atoms with Gasteiger partial charge in [-0.15, -0.1) is 11.3 Å². The maximum Gasteiger partial charge on any atom is 0.190 e. The van der Waals surface area contributed by atoms with Gasteiger partial charge in [-0.3, -0.25) is 4.99 Å². The van der Waals surface area contributed by atoms with Gasteiger partial charge in [-0.2, -0.15) is 0 Å². The summed E-state index contributed by atoms with van der Waals surface area (Å²) < 4.78 is 0. The highest BCUT2D eigenvalue weighted by Gasteiger charge is 2.09. The Morgan fingerprint density at radius 1 is 1.30 bits per heavy atom. The summed E-state index contributed by atoms with van der Waals surface area (Å²) in [5, 5.41) is 9.93. The van der Waals surface area contributed by atoms with Crippen LogP contribution in [0.5, 0.6) is 0 Å². The number of aliphatic imine (C=N–C) groups is 1. The molecule has 0 aliphatic heterocycles. The quantitative estimate of drug-likeness (QED) is 0.482. The molecular weight excluding hydrogens is 268 g/mol. The molecule has 114 valence electrons. The lowest BCUT2D eigenvalue weighted by molar-refractivity contribution is 0.365. The first-order chi connectivity index (χ1) is 9.40. The number of aromatic nitrogens is 1. The van der Waals surface area contributed by atoms with Gasteiger partial charge < -0.3 is 10.6 Å². The van der Waals surface area contributed by atoms with Crippen LogP contribution in [-0.2, 0) is 6.42 Å².